The SMILES string of the molecule is C=C/C=C/[C@H](OCc1ccccc1)[C@H](OCc1ccccc1)[C@@H](OCc1ccccc1)C(=O)C(P(=O)(OC)OC)=P(c1ccccc1)(c1ccccc1)c1ccccc1. The van der Waals surface area contributed by atoms with Gasteiger partial charge in [-0.3, -0.25) is 9.36 Å². The molecule has 0 saturated carbocycles. The Morgan fingerprint density at radius 1 is 0.542 bits per heavy atom. The first-order valence-corrected chi connectivity index (χ1v) is 22.7. The van der Waals surface area contributed by atoms with Gasteiger partial charge in [0, 0.05) is 14.2 Å². The highest BCUT2D eigenvalue weighted by atomic mass is 31.2. The molecule has 0 aromatic heterocycles. The predicted molar refractivity (Wildman–Crippen MR) is 241 cm³/mol. The summed E-state index contributed by atoms with van der Waals surface area (Å²) in [5.41, 5.74) is 2.63. The van der Waals surface area contributed by atoms with Crippen LogP contribution in [0.1, 0.15) is 16.7 Å². The molecule has 0 aliphatic heterocycles. The molecule has 0 heterocycles. The van der Waals surface area contributed by atoms with Crippen LogP contribution >= 0.6 is 14.5 Å². The molecule has 0 N–H and O–H groups in total. The molecule has 7 nitrogen and oxygen atoms in total. The summed E-state index contributed by atoms with van der Waals surface area (Å²) in [4.78, 5) is 16.5. The molecule has 0 spiro atoms. The maximum absolute atomic E-state index is 16.5. The lowest BCUT2D eigenvalue weighted by molar-refractivity contribution is -0.155. The summed E-state index contributed by atoms with van der Waals surface area (Å²) < 4.78 is 48.0. The Kier molecular flexibility index (Phi) is 16.0. The van der Waals surface area contributed by atoms with Gasteiger partial charge < -0.3 is 23.3 Å². The normalized spacial score (nSPS) is 13.4. The Hall–Kier alpha value is -5.20. The third kappa shape index (κ3) is 10.5. The van der Waals surface area contributed by atoms with Crippen LogP contribution in [0, 0.1) is 0 Å². The highest BCUT2D eigenvalue weighted by Crippen LogP contribution is 2.61. The van der Waals surface area contributed by atoms with E-state index in [0.717, 1.165) is 32.6 Å². The Morgan fingerprint density at radius 2 is 0.898 bits per heavy atom. The zero-order valence-corrected chi connectivity index (χ0v) is 35.2. The maximum atomic E-state index is 16.5. The lowest BCUT2D eigenvalue weighted by atomic mass is 10.0. The average Bonchev–Trinajstić information content (AvgIpc) is 3.31. The van der Waals surface area contributed by atoms with Crippen molar-refractivity contribution in [3.05, 3.63) is 223 Å². The van der Waals surface area contributed by atoms with E-state index in [-0.39, 0.29) is 24.9 Å². The second kappa shape index (κ2) is 21.7. The van der Waals surface area contributed by atoms with Crippen LogP contribution in [0.5, 0.6) is 0 Å². The first kappa shape index (κ1) is 43.4. The van der Waals surface area contributed by atoms with E-state index in [1.807, 2.05) is 188 Å². The monoisotopic (exact) mass is 824 g/mol. The topological polar surface area (TPSA) is 80.3 Å². The number of carbonyl (C=O) groups excluding carboxylic acids is 1. The van der Waals surface area contributed by atoms with Gasteiger partial charge in [-0.15, -0.1) is 0 Å². The van der Waals surface area contributed by atoms with E-state index in [1.54, 1.807) is 12.2 Å². The van der Waals surface area contributed by atoms with E-state index < -0.39 is 38.6 Å². The third-order valence-electron chi connectivity index (χ3n) is 9.87. The zero-order chi connectivity index (χ0) is 41.3. The highest BCUT2D eigenvalue weighted by Gasteiger charge is 2.49. The number of ketones is 1. The molecular weight excluding hydrogens is 774 g/mol. The fraction of sp³-hybridized carbons (Fsp3) is 0.160. The van der Waals surface area contributed by atoms with Crippen molar-refractivity contribution in [1.82, 2.24) is 0 Å². The number of hydrogen-bond donors (Lipinski definition) is 0. The van der Waals surface area contributed by atoms with Crippen LogP contribution in [-0.4, -0.2) is 43.3 Å². The molecular formula is C50H50O7P2. The van der Waals surface area contributed by atoms with Crippen molar-refractivity contribution in [2.24, 2.45) is 0 Å². The Bertz CT molecular complexity index is 2230. The number of hydrogen-bond acceptors (Lipinski definition) is 7. The van der Waals surface area contributed by atoms with Crippen molar-refractivity contribution in [2.45, 2.75) is 38.1 Å². The highest BCUT2D eigenvalue weighted by molar-refractivity contribution is 8.07. The summed E-state index contributed by atoms with van der Waals surface area (Å²) in [6, 6.07) is 58.2. The molecule has 6 aromatic carbocycles. The number of carbonyl (C=O) groups is 1. The van der Waals surface area contributed by atoms with E-state index >= 15 is 9.36 Å². The van der Waals surface area contributed by atoms with Crippen LogP contribution in [0.2, 0.25) is 0 Å². The van der Waals surface area contributed by atoms with E-state index in [1.165, 1.54) is 14.2 Å². The molecule has 0 aliphatic carbocycles. The van der Waals surface area contributed by atoms with Crippen LogP contribution in [0.25, 0.3) is 0 Å². The number of ether oxygens (including phenoxy) is 3. The van der Waals surface area contributed by atoms with E-state index in [2.05, 4.69) is 6.58 Å². The van der Waals surface area contributed by atoms with E-state index in [9.17, 15) is 0 Å². The molecule has 6 aromatic rings. The Balaban J connectivity index is 1.68. The van der Waals surface area contributed by atoms with Gasteiger partial charge in [-0.05, 0) is 39.5 Å². The lowest BCUT2D eigenvalue weighted by Crippen LogP contribution is -2.49. The number of allylic oxidation sites excluding steroid dienone is 2. The van der Waals surface area contributed by atoms with Gasteiger partial charge in [0.1, 0.15) is 17.2 Å². The van der Waals surface area contributed by atoms with E-state index in [4.69, 9.17) is 23.3 Å². The van der Waals surface area contributed by atoms with Crippen molar-refractivity contribution in [2.75, 3.05) is 14.2 Å². The fourth-order valence-electron chi connectivity index (χ4n) is 7.04. The summed E-state index contributed by atoms with van der Waals surface area (Å²) in [7, 11) is -1.81. The summed E-state index contributed by atoms with van der Waals surface area (Å²) >= 11 is 0. The second-order valence-electron chi connectivity index (χ2n) is 13.6. The Morgan fingerprint density at radius 3 is 1.27 bits per heavy atom. The summed E-state index contributed by atoms with van der Waals surface area (Å²) in [5, 5.41) is 2.31. The minimum atomic E-state index is -4.44. The molecule has 0 saturated heterocycles. The van der Waals surface area contributed by atoms with Gasteiger partial charge in [-0.2, -0.15) is 0 Å². The molecule has 0 radical (unpaired) electrons. The number of benzene rings is 6. The van der Waals surface area contributed by atoms with E-state index in [0.29, 0.717) is 0 Å². The fourth-order valence-corrected chi connectivity index (χ4v) is 14.9. The molecule has 6 rings (SSSR count). The van der Waals surface area contributed by atoms with Gasteiger partial charge in [-0.25, -0.2) is 0 Å². The van der Waals surface area contributed by atoms with Gasteiger partial charge in [0.05, 0.1) is 19.8 Å². The largest absolute Gasteiger partial charge is 0.367 e. The van der Waals surface area contributed by atoms with Crippen molar-refractivity contribution < 1.29 is 32.6 Å². The van der Waals surface area contributed by atoms with Crippen molar-refractivity contribution in [1.29, 1.82) is 0 Å². The minimum Gasteiger partial charge on any atom is -0.367 e. The van der Waals surface area contributed by atoms with Crippen LogP contribution in [-0.2, 0) is 52.4 Å². The van der Waals surface area contributed by atoms with Crippen LogP contribution in [0.3, 0.4) is 0 Å². The molecule has 9 heteroatoms. The average molecular weight is 825 g/mol. The minimum absolute atomic E-state index is 0.0283. The lowest BCUT2D eigenvalue weighted by Gasteiger charge is -2.37. The number of Topliss-reactive ketones (excluding diaryl/α,β-unsaturated/α-hetero) is 1. The van der Waals surface area contributed by atoms with Crippen molar-refractivity contribution >= 4 is 41.2 Å². The molecule has 0 amide bonds. The predicted octanol–water partition coefficient (Wildman–Crippen LogP) is 9.66. The van der Waals surface area contributed by atoms with Gasteiger partial charge >= 0.3 is 7.60 Å². The molecule has 0 bridgehead atoms. The molecule has 0 fully saturated rings. The summed E-state index contributed by atoms with van der Waals surface area (Å²) in [6.45, 7) is 0.871. The molecule has 0 aliphatic rings. The van der Waals surface area contributed by atoms with Crippen LogP contribution in [0.15, 0.2) is 207 Å². The summed E-state index contributed by atoms with van der Waals surface area (Å²) in [5.74, 6) is -0.587. The zero-order valence-electron chi connectivity index (χ0n) is 33.4. The van der Waals surface area contributed by atoms with Crippen molar-refractivity contribution in [3.63, 3.8) is 0 Å². The van der Waals surface area contributed by atoms with Crippen LogP contribution < -0.4 is 15.9 Å². The van der Waals surface area contributed by atoms with Gasteiger partial charge in [0.2, 0.25) is 5.78 Å². The van der Waals surface area contributed by atoms with Crippen LogP contribution in [0.4, 0.5) is 0 Å². The van der Waals surface area contributed by atoms with Gasteiger partial charge in [0.15, 0.2) is 6.10 Å². The number of rotatable bonds is 21. The smallest absolute Gasteiger partial charge is 0.365 e. The molecule has 302 valence electrons. The second-order valence-corrected chi connectivity index (χ2v) is 19.5. The van der Waals surface area contributed by atoms with Gasteiger partial charge in [-0.1, -0.05) is 207 Å². The molecule has 59 heavy (non-hydrogen) atoms. The standard InChI is InChI=1S/C50H50O7P2/c1-4-5-36-46(55-37-40-24-12-6-13-25-40)48(56-38-41-26-14-7-15-27-41)49(57-39-42-28-16-8-17-29-42)47(51)50(59(52,53-2)54-3)58(43-30-18-9-19-31-43,44-32-20-10-21-33-44)45-34-22-11-23-35-45/h4-36,46,48-49H,1,37-39H2,2-3H3/b36-5+/t46-,48-,49-/m0/s1. The first-order chi connectivity index (χ1) is 28.9. The molecule has 0 unspecified atom stereocenters. The Labute approximate surface area is 348 Å². The summed E-state index contributed by atoms with van der Waals surface area (Å²) in [6.07, 6.45) is 1.88. The molecule has 3 atom stereocenters. The quantitative estimate of drug-likeness (QED) is 0.0529. The maximum Gasteiger partial charge on any atom is 0.365 e. The first-order valence-electron chi connectivity index (χ1n) is 19.4. The van der Waals surface area contributed by atoms with Crippen molar-refractivity contribution in [3.8, 4) is 0 Å². The third-order valence-corrected chi connectivity index (χ3v) is 17.3. The van der Waals surface area contributed by atoms with Gasteiger partial charge in [0.25, 0.3) is 0 Å².